The van der Waals surface area contributed by atoms with E-state index in [9.17, 15) is 18.0 Å². The van der Waals surface area contributed by atoms with Crippen molar-refractivity contribution in [2.24, 2.45) is 7.05 Å². The van der Waals surface area contributed by atoms with Crippen molar-refractivity contribution in [3.05, 3.63) is 34.4 Å². The molecule has 2 aromatic heterocycles. The number of halogens is 3. The molecule has 25 heavy (non-hydrogen) atoms. The smallest absolute Gasteiger partial charge is 0.369 e. The van der Waals surface area contributed by atoms with Crippen LogP contribution >= 0.6 is 0 Å². The number of rotatable bonds is 3. The van der Waals surface area contributed by atoms with Gasteiger partial charge in [-0.1, -0.05) is 0 Å². The van der Waals surface area contributed by atoms with Gasteiger partial charge in [0.15, 0.2) is 11.4 Å². The summed E-state index contributed by atoms with van der Waals surface area (Å²) in [7, 11) is 1.40. The molecule has 3 heterocycles. The molecule has 2 atom stereocenters. The number of ether oxygens (including phenoxy) is 1. The number of fused-ring (bicyclic) bond motifs is 1. The van der Waals surface area contributed by atoms with Gasteiger partial charge < -0.3 is 10.1 Å². The van der Waals surface area contributed by atoms with E-state index in [1.165, 1.54) is 7.05 Å². The van der Waals surface area contributed by atoms with Gasteiger partial charge in [0.1, 0.15) is 0 Å². The molecule has 0 unspecified atom stereocenters. The summed E-state index contributed by atoms with van der Waals surface area (Å²) in [5, 5.41) is 12.9. The molecule has 1 aliphatic heterocycles. The molecule has 0 aliphatic carbocycles. The first-order chi connectivity index (χ1) is 11.7. The molecule has 7 nitrogen and oxygen atoms in total. The average Bonchev–Trinajstić information content (AvgIpc) is 3.08. The number of aromatic nitrogens is 4. The number of H-pyrrole nitrogens is 1. The highest BCUT2D eigenvalue weighted by Gasteiger charge is 2.34. The van der Waals surface area contributed by atoms with Crippen molar-refractivity contribution in [2.45, 2.75) is 45.2 Å². The Balaban J connectivity index is 1.73. The van der Waals surface area contributed by atoms with Gasteiger partial charge >= 0.3 is 6.18 Å². The summed E-state index contributed by atoms with van der Waals surface area (Å²) in [5.74, 6) is -0.450. The maximum atomic E-state index is 12.7. The van der Waals surface area contributed by atoms with Crippen LogP contribution < -0.4 is 5.32 Å². The van der Waals surface area contributed by atoms with Crippen LogP contribution in [0.4, 0.5) is 13.2 Å². The molecule has 1 amide bonds. The van der Waals surface area contributed by atoms with E-state index in [2.05, 4.69) is 20.6 Å². The summed E-state index contributed by atoms with van der Waals surface area (Å²) in [4.78, 5) is 12.4. The Hall–Kier alpha value is -2.36. The summed E-state index contributed by atoms with van der Waals surface area (Å²) >= 11 is 0. The summed E-state index contributed by atoms with van der Waals surface area (Å²) < 4.78 is 44.8. The number of carbonyl (C=O) groups excluding carboxylic acids is 1. The minimum absolute atomic E-state index is 0.0435. The van der Waals surface area contributed by atoms with Crippen molar-refractivity contribution >= 4 is 5.91 Å². The van der Waals surface area contributed by atoms with Gasteiger partial charge in [0.25, 0.3) is 5.91 Å². The molecular weight excluding hydrogens is 339 g/mol. The first kappa shape index (κ1) is 17.5. The lowest BCUT2D eigenvalue weighted by molar-refractivity contribution is -0.141. The minimum Gasteiger partial charge on any atom is -0.369 e. The van der Waals surface area contributed by atoms with E-state index < -0.39 is 17.8 Å². The first-order valence-corrected chi connectivity index (χ1v) is 7.77. The fraction of sp³-hybridized carbons (Fsp3) is 0.533. The van der Waals surface area contributed by atoms with Crippen LogP contribution in [-0.4, -0.2) is 32.0 Å². The maximum Gasteiger partial charge on any atom is 0.435 e. The Bertz CT molecular complexity index is 796. The Morgan fingerprint density at radius 2 is 2.20 bits per heavy atom. The van der Waals surface area contributed by atoms with Gasteiger partial charge in [-0.25, -0.2) is 0 Å². The van der Waals surface area contributed by atoms with E-state index >= 15 is 0 Å². The van der Waals surface area contributed by atoms with Gasteiger partial charge in [0.05, 0.1) is 30.1 Å². The van der Waals surface area contributed by atoms with Crippen molar-refractivity contribution in [3.8, 4) is 0 Å². The molecule has 10 heteroatoms. The molecule has 0 saturated carbocycles. The zero-order valence-electron chi connectivity index (χ0n) is 13.9. The zero-order chi connectivity index (χ0) is 18.4. The predicted molar refractivity (Wildman–Crippen MR) is 80.6 cm³/mol. The van der Waals surface area contributed by atoms with Crippen LogP contribution in [0.25, 0.3) is 0 Å². The predicted octanol–water partition coefficient (Wildman–Crippen LogP) is 2.11. The summed E-state index contributed by atoms with van der Waals surface area (Å²) in [6.45, 7) is 3.69. The number of aryl methyl sites for hydroxylation is 1. The van der Waals surface area contributed by atoms with Gasteiger partial charge in [-0.15, -0.1) is 0 Å². The number of alkyl halides is 3. The van der Waals surface area contributed by atoms with Crippen LogP contribution in [0.1, 0.15) is 53.1 Å². The van der Waals surface area contributed by atoms with E-state index in [-0.39, 0.29) is 30.1 Å². The summed E-state index contributed by atoms with van der Waals surface area (Å²) in [6, 6.07) is 0.915. The van der Waals surface area contributed by atoms with Gasteiger partial charge in [0, 0.05) is 19.0 Å². The standard InChI is InChI=1S/C15H18F3N5O2/c1-7-4-10-12(8(2)25-7)20-21-13(10)14(24)19-6-9-5-11(15(16,17)18)22-23(9)3/h5,7-8H,4,6H2,1-3H3,(H,19,24)(H,20,21)/t7-,8+/m1/s1. The molecule has 2 aromatic rings. The number of amides is 1. The van der Waals surface area contributed by atoms with Gasteiger partial charge in [-0.3, -0.25) is 14.6 Å². The zero-order valence-corrected chi connectivity index (χ0v) is 13.9. The molecule has 0 aromatic carbocycles. The number of hydrogen-bond acceptors (Lipinski definition) is 4. The molecule has 1 aliphatic rings. The average molecular weight is 357 g/mol. The first-order valence-electron chi connectivity index (χ1n) is 7.77. The second-order valence-electron chi connectivity index (χ2n) is 6.08. The molecule has 0 radical (unpaired) electrons. The molecule has 136 valence electrons. The lowest BCUT2D eigenvalue weighted by atomic mass is 9.99. The number of hydrogen-bond donors (Lipinski definition) is 2. The van der Waals surface area contributed by atoms with Crippen molar-refractivity contribution < 1.29 is 22.7 Å². The van der Waals surface area contributed by atoms with Gasteiger partial charge in [0.2, 0.25) is 0 Å². The van der Waals surface area contributed by atoms with Crippen molar-refractivity contribution in [3.63, 3.8) is 0 Å². The van der Waals surface area contributed by atoms with E-state index in [0.717, 1.165) is 22.0 Å². The number of nitrogens with zero attached hydrogens (tertiary/aromatic N) is 3. The van der Waals surface area contributed by atoms with E-state index in [4.69, 9.17) is 4.74 Å². The number of nitrogens with one attached hydrogen (secondary N) is 2. The van der Waals surface area contributed by atoms with Crippen LogP contribution in [0, 0.1) is 0 Å². The van der Waals surface area contributed by atoms with E-state index in [0.29, 0.717) is 6.42 Å². The second-order valence-corrected chi connectivity index (χ2v) is 6.08. The fourth-order valence-electron chi connectivity index (χ4n) is 2.93. The Kier molecular flexibility index (Phi) is 4.31. The van der Waals surface area contributed by atoms with Crippen molar-refractivity contribution in [1.82, 2.24) is 25.3 Å². The van der Waals surface area contributed by atoms with E-state index in [1.54, 1.807) is 0 Å². The largest absolute Gasteiger partial charge is 0.435 e. The molecule has 2 N–H and O–H groups in total. The Morgan fingerprint density at radius 3 is 2.84 bits per heavy atom. The SMILES string of the molecule is C[C@@H]1Cc2c(C(=O)NCc3cc(C(F)(F)F)nn3C)n[nH]c2[C@H](C)O1. The fourth-order valence-corrected chi connectivity index (χ4v) is 2.93. The highest BCUT2D eigenvalue weighted by Crippen LogP contribution is 2.30. The second kappa shape index (κ2) is 6.17. The topological polar surface area (TPSA) is 84.8 Å². The van der Waals surface area contributed by atoms with Crippen LogP contribution in [0.15, 0.2) is 6.07 Å². The summed E-state index contributed by atoms with van der Waals surface area (Å²) in [6.07, 6.45) is -4.21. The normalized spacial score (nSPS) is 20.4. The third-order valence-corrected chi connectivity index (χ3v) is 4.15. The highest BCUT2D eigenvalue weighted by atomic mass is 19.4. The molecule has 3 rings (SSSR count). The molecule has 0 bridgehead atoms. The van der Waals surface area contributed by atoms with E-state index in [1.807, 2.05) is 13.8 Å². The Labute approximate surface area is 141 Å². The number of aromatic amines is 1. The monoisotopic (exact) mass is 357 g/mol. The lowest BCUT2D eigenvalue weighted by Crippen LogP contribution is -2.28. The molecule has 0 spiro atoms. The van der Waals surface area contributed by atoms with Gasteiger partial charge in [-0.05, 0) is 19.9 Å². The summed E-state index contributed by atoms with van der Waals surface area (Å²) in [5.41, 5.74) is 1.04. The molecule has 0 saturated heterocycles. The van der Waals surface area contributed by atoms with Crippen LogP contribution in [0.2, 0.25) is 0 Å². The highest BCUT2D eigenvalue weighted by molar-refractivity contribution is 5.94. The molecule has 0 fully saturated rings. The van der Waals surface area contributed by atoms with Gasteiger partial charge in [-0.2, -0.15) is 23.4 Å². The molecular formula is C15H18F3N5O2. The lowest BCUT2D eigenvalue weighted by Gasteiger charge is -2.25. The van der Waals surface area contributed by atoms with Crippen molar-refractivity contribution in [2.75, 3.05) is 0 Å². The van der Waals surface area contributed by atoms with Crippen molar-refractivity contribution in [1.29, 1.82) is 0 Å². The third-order valence-electron chi connectivity index (χ3n) is 4.15. The minimum atomic E-state index is -4.52. The number of carbonyl (C=O) groups is 1. The maximum absolute atomic E-state index is 12.7. The van der Waals surface area contributed by atoms with Crippen LogP contribution in [0.3, 0.4) is 0 Å². The Morgan fingerprint density at radius 1 is 1.48 bits per heavy atom. The van der Waals surface area contributed by atoms with Crippen LogP contribution in [-0.2, 0) is 30.9 Å². The van der Waals surface area contributed by atoms with Crippen LogP contribution in [0.5, 0.6) is 0 Å². The quantitative estimate of drug-likeness (QED) is 0.881. The third kappa shape index (κ3) is 3.39.